The highest BCUT2D eigenvalue weighted by molar-refractivity contribution is 5.85. The molecule has 7 heteroatoms. The first kappa shape index (κ1) is 21.4. The molecule has 0 aromatic rings. The van der Waals surface area contributed by atoms with Crippen molar-refractivity contribution < 1.29 is 23.5 Å². The van der Waals surface area contributed by atoms with Gasteiger partial charge in [0, 0.05) is 6.42 Å². The third kappa shape index (κ3) is 9.97. The smallest absolute Gasteiger partial charge is 0.341 e. The fourth-order valence-corrected chi connectivity index (χ4v) is 1.16. The summed E-state index contributed by atoms with van der Waals surface area (Å²) >= 11 is 0. The van der Waals surface area contributed by atoms with Gasteiger partial charge in [-0.3, -0.25) is 4.79 Å². The van der Waals surface area contributed by atoms with Crippen LogP contribution < -0.4 is 5.73 Å². The fourth-order valence-electron chi connectivity index (χ4n) is 1.16. The normalized spacial score (nSPS) is 14.8. The first-order valence-electron chi connectivity index (χ1n) is 6.17. The minimum Gasteiger partial charge on any atom is -0.459 e. The van der Waals surface area contributed by atoms with Crippen molar-refractivity contribution in [3.8, 4) is 0 Å². The number of carbonyl (C=O) groups excluding carboxylic acids is 2. The molecule has 0 aromatic carbocycles. The Kier molecular flexibility index (Phi) is 8.34. The van der Waals surface area contributed by atoms with Crippen molar-refractivity contribution in [1.29, 1.82) is 0 Å². The Hall–Kier alpha value is -0.880. The van der Waals surface area contributed by atoms with E-state index in [9.17, 15) is 14.0 Å². The van der Waals surface area contributed by atoms with Gasteiger partial charge in [-0.15, -0.1) is 12.4 Å². The van der Waals surface area contributed by atoms with Gasteiger partial charge in [0.1, 0.15) is 17.2 Å². The molecule has 0 radical (unpaired) electrons. The van der Waals surface area contributed by atoms with Crippen molar-refractivity contribution in [3.63, 3.8) is 0 Å². The molecule has 0 spiro atoms. The number of nitrogens with two attached hydrogens (primary N) is 1. The lowest BCUT2D eigenvalue weighted by Crippen LogP contribution is -2.41. The van der Waals surface area contributed by atoms with Gasteiger partial charge in [0.25, 0.3) is 0 Å². The number of ether oxygens (including phenoxy) is 2. The molecule has 0 aromatic heterocycles. The van der Waals surface area contributed by atoms with E-state index in [4.69, 9.17) is 15.2 Å². The molecule has 0 saturated carbocycles. The number of carbonyl (C=O) groups is 2. The molecule has 120 valence electrons. The van der Waals surface area contributed by atoms with Crippen LogP contribution in [-0.4, -0.2) is 35.4 Å². The molecule has 2 unspecified atom stereocenters. The molecule has 0 heterocycles. The quantitative estimate of drug-likeness (QED) is 0.805. The predicted octanol–water partition coefficient (Wildman–Crippen LogP) is 2.15. The number of alkyl halides is 1. The molecule has 2 atom stereocenters. The zero-order chi connectivity index (χ0) is 15.4. The maximum absolute atomic E-state index is 13.6. The minimum absolute atomic E-state index is 0. The van der Waals surface area contributed by atoms with Crippen molar-refractivity contribution in [1.82, 2.24) is 0 Å². The summed E-state index contributed by atoms with van der Waals surface area (Å²) in [6.07, 6.45) is -2.40. The molecule has 5 nitrogen and oxygen atoms in total. The second-order valence-corrected chi connectivity index (χ2v) is 6.38. The van der Waals surface area contributed by atoms with Crippen molar-refractivity contribution in [2.24, 2.45) is 5.73 Å². The molecular formula is C13H25ClFNO4. The van der Waals surface area contributed by atoms with E-state index in [1.54, 1.807) is 41.5 Å². The van der Waals surface area contributed by atoms with Crippen molar-refractivity contribution >= 4 is 24.3 Å². The summed E-state index contributed by atoms with van der Waals surface area (Å²) in [4.78, 5) is 22.9. The molecule has 0 fully saturated rings. The molecule has 0 aliphatic carbocycles. The van der Waals surface area contributed by atoms with E-state index in [0.717, 1.165) is 0 Å². The lowest BCUT2D eigenvalue weighted by Gasteiger charge is -2.24. The van der Waals surface area contributed by atoms with Gasteiger partial charge in [-0.25, -0.2) is 9.18 Å². The van der Waals surface area contributed by atoms with Crippen molar-refractivity contribution in [3.05, 3.63) is 0 Å². The van der Waals surface area contributed by atoms with Crippen LogP contribution in [0.5, 0.6) is 0 Å². The van der Waals surface area contributed by atoms with Crippen LogP contribution in [0, 0.1) is 0 Å². The van der Waals surface area contributed by atoms with Crippen LogP contribution in [0.1, 0.15) is 48.0 Å². The Morgan fingerprint density at radius 2 is 1.35 bits per heavy atom. The highest BCUT2D eigenvalue weighted by Crippen LogP contribution is 2.14. The Labute approximate surface area is 125 Å². The molecule has 0 aliphatic heterocycles. The number of hydrogen-bond acceptors (Lipinski definition) is 5. The maximum Gasteiger partial charge on any atom is 0.341 e. The van der Waals surface area contributed by atoms with Gasteiger partial charge in [0.05, 0.1) is 0 Å². The SMILES string of the molecule is CC(C)(C)OC(=O)C(N)CC(F)C(=O)OC(C)(C)C.Cl. The van der Waals surface area contributed by atoms with Gasteiger partial charge >= 0.3 is 11.9 Å². The van der Waals surface area contributed by atoms with E-state index >= 15 is 0 Å². The summed E-state index contributed by atoms with van der Waals surface area (Å²) in [5, 5.41) is 0. The van der Waals surface area contributed by atoms with Gasteiger partial charge in [0.2, 0.25) is 0 Å². The van der Waals surface area contributed by atoms with E-state index in [1.165, 1.54) is 0 Å². The number of rotatable bonds is 4. The van der Waals surface area contributed by atoms with Crippen molar-refractivity contribution in [2.75, 3.05) is 0 Å². The average molecular weight is 314 g/mol. The van der Waals surface area contributed by atoms with Crippen LogP contribution in [0.4, 0.5) is 4.39 Å². The second-order valence-electron chi connectivity index (χ2n) is 6.38. The molecule has 2 N–H and O–H groups in total. The zero-order valence-corrected chi connectivity index (χ0v) is 13.7. The van der Waals surface area contributed by atoms with Gasteiger partial charge in [0.15, 0.2) is 6.17 Å². The zero-order valence-electron chi connectivity index (χ0n) is 12.9. The first-order valence-corrected chi connectivity index (χ1v) is 6.17. The van der Waals surface area contributed by atoms with Crippen LogP contribution in [-0.2, 0) is 19.1 Å². The van der Waals surface area contributed by atoms with Crippen LogP contribution in [0.25, 0.3) is 0 Å². The van der Waals surface area contributed by atoms with E-state index < -0.39 is 41.8 Å². The molecule has 0 saturated heterocycles. The summed E-state index contributed by atoms with van der Waals surface area (Å²) in [5.74, 6) is -1.76. The summed E-state index contributed by atoms with van der Waals surface area (Å²) < 4.78 is 23.5. The number of halogens is 2. The van der Waals surface area contributed by atoms with E-state index in [-0.39, 0.29) is 12.4 Å². The van der Waals surface area contributed by atoms with Crippen LogP contribution in [0.15, 0.2) is 0 Å². The van der Waals surface area contributed by atoms with Crippen LogP contribution in [0.2, 0.25) is 0 Å². The first-order chi connectivity index (χ1) is 8.32. The van der Waals surface area contributed by atoms with Gasteiger partial charge in [-0.05, 0) is 41.5 Å². The topological polar surface area (TPSA) is 78.6 Å². The molecule has 0 rings (SSSR count). The molecular weight excluding hydrogens is 289 g/mol. The lowest BCUT2D eigenvalue weighted by atomic mass is 10.1. The fraction of sp³-hybridized carbons (Fsp3) is 0.846. The van der Waals surface area contributed by atoms with Crippen molar-refractivity contribution in [2.45, 2.75) is 71.4 Å². The standard InChI is InChI=1S/C13H24FNO4.ClH/c1-12(2,3)18-10(16)8(14)7-9(15)11(17)19-13(4,5)6;/h8-9H,7,15H2,1-6H3;1H. The van der Waals surface area contributed by atoms with E-state index in [2.05, 4.69) is 0 Å². The van der Waals surface area contributed by atoms with Gasteiger partial charge in [-0.1, -0.05) is 0 Å². The summed E-state index contributed by atoms with van der Waals surface area (Å²) in [6, 6.07) is -1.19. The highest BCUT2D eigenvalue weighted by Gasteiger charge is 2.30. The highest BCUT2D eigenvalue weighted by atomic mass is 35.5. The van der Waals surface area contributed by atoms with E-state index in [0.29, 0.717) is 0 Å². The largest absolute Gasteiger partial charge is 0.459 e. The molecule has 0 amide bonds. The second kappa shape index (κ2) is 7.78. The Balaban J connectivity index is 0. The molecule has 0 bridgehead atoms. The monoisotopic (exact) mass is 313 g/mol. The van der Waals surface area contributed by atoms with E-state index in [1.807, 2.05) is 0 Å². The Morgan fingerprint density at radius 3 is 1.70 bits per heavy atom. The third-order valence-electron chi connectivity index (χ3n) is 1.83. The maximum atomic E-state index is 13.6. The Bertz CT molecular complexity index is 304. The third-order valence-corrected chi connectivity index (χ3v) is 1.83. The predicted molar refractivity (Wildman–Crippen MR) is 76.4 cm³/mol. The average Bonchev–Trinajstić information content (AvgIpc) is 2.11. The Morgan fingerprint density at radius 1 is 1.00 bits per heavy atom. The minimum atomic E-state index is -1.94. The number of esters is 2. The molecule has 0 aliphatic rings. The van der Waals surface area contributed by atoms with Gasteiger partial charge < -0.3 is 15.2 Å². The van der Waals surface area contributed by atoms with Gasteiger partial charge in [-0.2, -0.15) is 0 Å². The summed E-state index contributed by atoms with van der Waals surface area (Å²) in [7, 11) is 0. The van der Waals surface area contributed by atoms with Crippen LogP contribution >= 0.6 is 12.4 Å². The number of hydrogen-bond donors (Lipinski definition) is 1. The lowest BCUT2D eigenvalue weighted by molar-refractivity contribution is -0.163. The molecule has 20 heavy (non-hydrogen) atoms. The van der Waals surface area contributed by atoms with Crippen LogP contribution in [0.3, 0.4) is 0 Å². The summed E-state index contributed by atoms with van der Waals surface area (Å²) in [5.41, 5.74) is 4.02. The summed E-state index contributed by atoms with van der Waals surface area (Å²) in [6.45, 7) is 9.93.